The van der Waals surface area contributed by atoms with Crippen LogP contribution in [0.1, 0.15) is 18.9 Å². The Kier molecular flexibility index (Phi) is 6.25. The first-order valence-electron chi connectivity index (χ1n) is 8.38. The number of hydrogen-bond acceptors (Lipinski definition) is 3. The van der Waals surface area contributed by atoms with Crippen molar-refractivity contribution in [1.82, 2.24) is 4.98 Å². The first-order chi connectivity index (χ1) is 12.2. The van der Waals surface area contributed by atoms with Crippen LogP contribution in [0.3, 0.4) is 0 Å². The average molecular weight is 354 g/mol. The molecule has 0 atom stereocenters. The van der Waals surface area contributed by atoms with Crippen LogP contribution in [-0.4, -0.2) is 24.5 Å². The number of hydrogen-bond donors (Lipinski definition) is 0. The molecule has 1 fully saturated rings. The minimum absolute atomic E-state index is 0.318. The molecule has 4 heteroatoms. The van der Waals surface area contributed by atoms with Gasteiger partial charge in [0.05, 0.1) is 18.9 Å². The number of benzene rings is 1. The summed E-state index contributed by atoms with van der Waals surface area (Å²) in [6.07, 6.45) is 6.59. The van der Waals surface area contributed by atoms with Crippen molar-refractivity contribution in [3.63, 3.8) is 0 Å². The van der Waals surface area contributed by atoms with Crippen molar-refractivity contribution in [2.24, 2.45) is 5.92 Å². The van der Waals surface area contributed by atoms with Gasteiger partial charge in [0.1, 0.15) is 0 Å². The predicted octanol–water partition coefficient (Wildman–Crippen LogP) is 4.71. The number of nitrogens with zero attached hydrogens (tertiary/aromatic N) is 1. The SMILES string of the molecule is CCC=CC1COC(C#Cc2ccc(-c3ccc(Cl)cc3)nc2)OC1. The molecule has 1 aromatic heterocycles. The van der Waals surface area contributed by atoms with Crippen molar-refractivity contribution in [3.05, 3.63) is 65.3 Å². The number of pyridine rings is 1. The van der Waals surface area contributed by atoms with E-state index >= 15 is 0 Å². The smallest absolute Gasteiger partial charge is 0.222 e. The molecule has 0 radical (unpaired) electrons. The maximum Gasteiger partial charge on any atom is 0.222 e. The molecule has 1 aliphatic rings. The lowest BCUT2D eigenvalue weighted by Gasteiger charge is -2.24. The van der Waals surface area contributed by atoms with Crippen LogP contribution in [0, 0.1) is 17.8 Å². The first-order valence-corrected chi connectivity index (χ1v) is 8.76. The van der Waals surface area contributed by atoms with Gasteiger partial charge >= 0.3 is 0 Å². The summed E-state index contributed by atoms with van der Waals surface area (Å²) < 4.78 is 11.3. The van der Waals surface area contributed by atoms with Crippen molar-refractivity contribution in [3.8, 4) is 23.1 Å². The molecule has 2 heterocycles. The Balaban J connectivity index is 1.58. The topological polar surface area (TPSA) is 31.4 Å². The van der Waals surface area contributed by atoms with Crippen molar-refractivity contribution < 1.29 is 9.47 Å². The lowest BCUT2D eigenvalue weighted by molar-refractivity contribution is -0.160. The summed E-state index contributed by atoms with van der Waals surface area (Å²) >= 11 is 5.91. The fraction of sp³-hybridized carbons (Fsp3) is 0.286. The van der Waals surface area contributed by atoms with E-state index in [4.69, 9.17) is 21.1 Å². The van der Waals surface area contributed by atoms with E-state index in [9.17, 15) is 0 Å². The Bertz CT molecular complexity index is 764. The van der Waals surface area contributed by atoms with E-state index in [0.717, 1.165) is 23.2 Å². The highest BCUT2D eigenvalue weighted by Gasteiger charge is 2.18. The maximum atomic E-state index is 5.91. The van der Waals surface area contributed by atoms with Gasteiger partial charge in [-0.25, -0.2) is 0 Å². The van der Waals surface area contributed by atoms with Crippen LogP contribution >= 0.6 is 11.6 Å². The molecular formula is C21H20ClNO2. The zero-order chi connectivity index (χ0) is 17.5. The van der Waals surface area contributed by atoms with Crippen LogP contribution in [0.25, 0.3) is 11.3 Å². The molecule has 1 saturated heterocycles. The van der Waals surface area contributed by atoms with E-state index in [2.05, 4.69) is 35.9 Å². The number of allylic oxidation sites excluding steroid dienone is 1. The van der Waals surface area contributed by atoms with E-state index in [1.54, 1.807) is 6.20 Å². The summed E-state index contributed by atoms with van der Waals surface area (Å²) in [5, 5.41) is 0.714. The third-order valence-electron chi connectivity index (χ3n) is 3.81. The van der Waals surface area contributed by atoms with Gasteiger partial charge in [0.2, 0.25) is 6.29 Å². The number of aromatic nitrogens is 1. The van der Waals surface area contributed by atoms with Gasteiger partial charge in [0, 0.05) is 28.3 Å². The summed E-state index contributed by atoms with van der Waals surface area (Å²) in [6, 6.07) is 11.5. The molecule has 0 N–H and O–H groups in total. The quantitative estimate of drug-likeness (QED) is 0.591. The van der Waals surface area contributed by atoms with E-state index < -0.39 is 6.29 Å². The molecule has 0 spiro atoms. The van der Waals surface area contributed by atoms with Crippen LogP contribution < -0.4 is 0 Å². The van der Waals surface area contributed by atoms with Gasteiger partial charge in [-0.05, 0) is 36.6 Å². The molecule has 25 heavy (non-hydrogen) atoms. The first kappa shape index (κ1) is 17.7. The Labute approximate surface area is 153 Å². The number of rotatable bonds is 3. The highest BCUT2D eigenvalue weighted by Crippen LogP contribution is 2.19. The van der Waals surface area contributed by atoms with Crippen LogP contribution in [-0.2, 0) is 9.47 Å². The van der Waals surface area contributed by atoms with Crippen molar-refractivity contribution in [2.45, 2.75) is 19.6 Å². The Hall–Kier alpha value is -2.12. The molecule has 0 amide bonds. The third kappa shape index (κ3) is 5.17. The van der Waals surface area contributed by atoms with Gasteiger partial charge < -0.3 is 9.47 Å². The van der Waals surface area contributed by atoms with Crippen LogP contribution in [0.5, 0.6) is 0 Å². The molecule has 2 aromatic rings. The Morgan fingerprint density at radius 1 is 1.16 bits per heavy atom. The molecule has 0 bridgehead atoms. The summed E-state index contributed by atoms with van der Waals surface area (Å²) in [5.74, 6) is 6.38. The van der Waals surface area contributed by atoms with E-state index in [0.29, 0.717) is 24.2 Å². The molecular weight excluding hydrogens is 334 g/mol. The van der Waals surface area contributed by atoms with E-state index in [1.165, 1.54) is 0 Å². The van der Waals surface area contributed by atoms with Gasteiger partial charge in [-0.3, -0.25) is 4.98 Å². The minimum atomic E-state index is -0.470. The van der Waals surface area contributed by atoms with Crippen molar-refractivity contribution >= 4 is 11.6 Å². The molecule has 3 rings (SSSR count). The fourth-order valence-electron chi connectivity index (χ4n) is 2.44. The number of halogens is 1. The standard InChI is InChI=1S/C21H20ClNO2/c1-2-3-4-17-14-24-21(25-15-17)12-6-16-5-11-20(23-13-16)18-7-9-19(22)10-8-18/h3-5,7-11,13,17,21H,2,14-15H2,1H3. The van der Waals surface area contributed by atoms with Gasteiger partial charge in [-0.1, -0.05) is 48.7 Å². The van der Waals surface area contributed by atoms with Gasteiger partial charge in [-0.2, -0.15) is 0 Å². The van der Waals surface area contributed by atoms with Crippen LogP contribution in [0.4, 0.5) is 0 Å². The summed E-state index contributed by atoms with van der Waals surface area (Å²) in [4.78, 5) is 4.45. The monoisotopic (exact) mass is 353 g/mol. The van der Waals surface area contributed by atoms with Gasteiger partial charge in [0.25, 0.3) is 0 Å². The summed E-state index contributed by atoms with van der Waals surface area (Å²) in [6.45, 7) is 3.40. The predicted molar refractivity (Wildman–Crippen MR) is 100 cm³/mol. The molecule has 1 aliphatic heterocycles. The fourth-order valence-corrected chi connectivity index (χ4v) is 2.57. The summed E-state index contributed by atoms with van der Waals surface area (Å²) in [5.41, 5.74) is 2.74. The maximum absolute atomic E-state index is 5.91. The Morgan fingerprint density at radius 3 is 2.56 bits per heavy atom. The highest BCUT2D eigenvalue weighted by molar-refractivity contribution is 6.30. The van der Waals surface area contributed by atoms with Gasteiger partial charge in [0.15, 0.2) is 0 Å². The molecule has 0 unspecified atom stereocenters. The van der Waals surface area contributed by atoms with Crippen molar-refractivity contribution in [2.75, 3.05) is 13.2 Å². The van der Waals surface area contributed by atoms with Crippen LogP contribution in [0.15, 0.2) is 54.7 Å². The van der Waals surface area contributed by atoms with E-state index in [-0.39, 0.29) is 0 Å². The number of ether oxygens (including phenoxy) is 2. The summed E-state index contributed by atoms with van der Waals surface area (Å²) in [7, 11) is 0. The molecule has 128 valence electrons. The van der Waals surface area contributed by atoms with Gasteiger partial charge in [-0.15, -0.1) is 0 Å². The second kappa shape index (κ2) is 8.82. The highest BCUT2D eigenvalue weighted by atomic mass is 35.5. The normalized spacial score (nSPS) is 20.2. The van der Waals surface area contributed by atoms with Crippen molar-refractivity contribution in [1.29, 1.82) is 0 Å². The lowest BCUT2D eigenvalue weighted by atomic mass is 10.1. The zero-order valence-electron chi connectivity index (χ0n) is 14.1. The van der Waals surface area contributed by atoms with E-state index in [1.807, 2.05) is 36.4 Å². The average Bonchev–Trinajstić information content (AvgIpc) is 2.67. The lowest BCUT2D eigenvalue weighted by Crippen LogP contribution is -2.30. The van der Waals surface area contributed by atoms with Crippen LogP contribution in [0.2, 0.25) is 5.02 Å². The zero-order valence-corrected chi connectivity index (χ0v) is 14.9. The molecule has 3 nitrogen and oxygen atoms in total. The Morgan fingerprint density at radius 2 is 1.92 bits per heavy atom. The molecule has 0 aliphatic carbocycles. The second-order valence-electron chi connectivity index (χ2n) is 5.80. The minimum Gasteiger partial charge on any atom is -0.341 e. The largest absolute Gasteiger partial charge is 0.341 e. The molecule has 1 aromatic carbocycles. The second-order valence-corrected chi connectivity index (χ2v) is 6.24. The third-order valence-corrected chi connectivity index (χ3v) is 4.06. The molecule has 0 saturated carbocycles.